The molecule has 1 rings (SSSR count). The highest BCUT2D eigenvalue weighted by molar-refractivity contribution is 5.90. The average Bonchev–Trinajstić information content (AvgIpc) is 2.77. The van der Waals surface area contributed by atoms with Crippen molar-refractivity contribution >= 4 is 29.7 Å². The lowest BCUT2D eigenvalue weighted by molar-refractivity contribution is -0.247. The topological polar surface area (TPSA) is 246 Å². The van der Waals surface area contributed by atoms with Gasteiger partial charge in [-0.2, -0.15) is 0 Å². The van der Waals surface area contributed by atoms with Crippen LogP contribution in [0.5, 0.6) is 0 Å². The SMILES string of the molecule is CC(=O)N(C1O[C@H](CO)[C@@H](O)[C@H](O[C@H](C)C(=O)O)[C@H]1N)[C@H](C(=O)N[C@H](CCC(=O)O)C(=O)O)C(C)C. The van der Waals surface area contributed by atoms with Gasteiger partial charge in [0.2, 0.25) is 11.8 Å². The molecule has 1 heterocycles. The lowest BCUT2D eigenvalue weighted by atomic mass is 9.92. The van der Waals surface area contributed by atoms with E-state index < -0.39 is 104 Å². The smallest absolute Gasteiger partial charge is 0.332 e. The maximum Gasteiger partial charge on any atom is 0.332 e. The van der Waals surface area contributed by atoms with Gasteiger partial charge >= 0.3 is 17.9 Å². The fraction of sp³-hybridized carbons (Fsp3) is 0.762. The molecule has 8 N–H and O–H groups in total. The van der Waals surface area contributed by atoms with Gasteiger partial charge in [0, 0.05) is 13.3 Å². The lowest BCUT2D eigenvalue weighted by Gasteiger charge is -2.49. The molecule has 0 bridgehead atoms. The number of aliphatic hydroxyl groups excluding tert-OH is 2. The van der Waals surface area contributed by atoms with Gasteiger partial charge < -0.3 is 51.0 Å². The highest BCUT2D eigenvalue weighted by Gasteiger charge is 2.50. The van der Waals surface area contributed by atoms with Crippen LogP contribution < -0.4 is 11.1 Å². The molecule has 0 aromatic carbocycles. The number of aliphatic hydroxyl groups is 2. The molecule has 15 heteroatoms. The monoisotopic (exact) mass is 521 g/mol. The van der Waals surface area contributed by atoms with Crippen molar-refractivity contribution in [2.24, 2.45) is 11.7 Å². The van der Waals surface area contributed by atoms with E-state index in [0.717, 1.165) is 11.8 Å². The Balaban J connectivity index is 3.37. The first-order valence-electron chi connectivity index (χ1n) is 11.3. The molecule has 1 unspecified atom stereocenters. The first-order valence-corrected chi connectivity index (χ1v) is 11.3. The molecule has 0 aromatic rings. The molecular weight excluding hydrogens is 486 g/mol. The van der Waals surface area contributed by atoms with Gasteiger partial charge in [-0.05, 0) is 19.3 Å². The fourth-order valence-corrected chi connectivity index (χ4v) is 3.88. The standard InChI is InChI=1S/C21H35N3O12/c1-8(2)15(18(30)23-11(21(33)34)5-6-13(27)28)24(10(4)26)19-14(22)17(35-9(3)20(31)32)16(29)12(7-25)36-19/h8-9,11-12,14-17,19,25,29H,5-7,22H2,1-4H3,(H,23,30)(H,27,28)(H,31,32)(H,33,34)/t9-,11-,12-,14-,15+,16-,17-,19?/m1/s1. The van der Waals surface area contributed by atoms with Gasteiger partial charge in [-0.1, -0.05) is 13.8 Å². The van der Waals surface area contributed by atoms with Crippen LogP contribution in [-0.2, 0) is 33.4 Å². The van der Waals surface area contributed by atoms with Crippen LogP contribution in [0, 0.1) is 5.92 Å². The van der Waals surface area contributed by atoms with Crippen LogP contribution in [0.25, 0.3) is 0 Å². The molecule has 1 fully saturated rings. The second-order valence-electron chi connectivity index (χ2n) is 8.84. The summed E-state index contributed by atoms with van der Waals surface area (Å²) in [6.07, 6.45) is -8.22. The minimum Gasteiger partial charge on any atom is -0.481 e. The third-order valence-electron chi connectivity index (χ3n) is 5.73. The number of carboxylic acid groups (broad SMARTS) is 3. The minimum atomic E-state index is -1.57. The van der Waals surface area contributed by atoms with Gasteiger partial charge in [0.15, 0.2) is 12.3 Å². The van der Waals surface area contributed by atoms with Crippen LogP contribution in [0.4, 0.5) is 0 Å². The molecule has 2 amide bonds. The van der Waals surface area contributed by atoms with E-state index in [2.05, 4.69) is 5.32 Å². The van der Waals surface area contributed by atoms with Gasteiger partial charge in [-0.3, -0.25) is 14.4 Å². The molecule has 36 heavy (non-hydrogen) atoms. The van der Waals surface area contributed by atoms with Crippen LogP contribution >= 0.6 is 0 Å². The molecule has 0 radical (unpaired) electrons. The molecule has 0 aliphatic carbocycles. The van der Waals surface area contributed by atoms with E-state index in [9.17, 15) is 44.4 Å². The number of nitrogens with zero attached hydrogens (tertiary/aromatic N) is 1. The predicted octanol–water partition coefficient (Wildman–Crippen LogP) is -2.44. The molecular formula is C21H35N3O12. The quantitative estimate of drug-likeness (QED) is 0.133. The van der Waals surface area contributed by atoms with Crippen LogP contribution in [-0.4, -0.2) is 116 Å². The maximum atomic E-state index is 13.2. The van der Waals surface area contributed by atoms with E-state index >= 15 is 0 Å². The highest BCUT2D eigenvalue weighted by Crippen LogP contribution is 2.28. The van der Waals surface area contributed by atoms with Gasteiger partial charge in [-0.15, -0.1) is 0 Å². The molecule has 1 aliphatic heterocycles. The summed E-state index contributed by atoms with van der Waals surface area (Å²) in [4.78, 5) is 60.5. The highest BCUT2D eigenvalue weighted by atomic mass is 16.6. The first kappa shape index (κ1) is 31.2. The number of ether oxygens (including phenoxy) is 2. The Morgan fingerprint density at radius 2 is 1.67 bits per heavy atom. The number of aliphatic carboxylic acids is 3. The Labute approximate surface area is 207 Å². The van der Waals surface area contributed by atoms with Crippen LogP contribution in [0.2, 0.25) is 0 Å². The number of hydrogen-bond acceptors (Lipinski definition) is 10. The number of carbonyl (C=O) groups excluding carboxylic acids is 2. The fourth-order valence-electron chi connectivity index (χ4n) is 3.88. The van der Waals surface area contributed by atoms with Crippen LogP contribution in [0.1, 0.15) is 40.5 Å². The summed E-state index contributed by atoms with van der Waals surface area (Å²) in [5.74, 6) is -6.42. The molecule has 0 aromatic heterocycles. The average molecular weight is 522 g/mol. The van der Waals surface area contributed by atoms with E-state index in [-0.39, 0.29) is 0 Å². The molecule has 206 valence electrons. The molecule has 0 saturated carbocycles. The second kappa shape index (κ2) is 13.5. The predicted molar refractivity (Wildman–Crippen MR) is 119 cm³/mol. The summed E-state index contributed by atoms with van der Waals surface area (Å²) in [5, 5.41) is 49.9. The lowest BCUT2D eigenvalue weighted by Crippen LogP contribution is -2.71. The summed E-state index contributed by atoms with van der Waals surface area (Å²) in [6.45, 7) is 4.64. The first-order chi connectivity index (χ1) is 16.6. The van der Waals surface area contributed by atoms with E-state index in [1.807, 2.05) is 0 Å². The zero-order valence-corrected chi connectivity index (χ0v) is 20.4. The van der Waals surface area contributed by atoms with Crippen molar-refractivity contribution in [2.45, 2.75) is 89.3 Å². The molecule has 1 saturated heterocycles. The van der Waals surface area contributed by atoms with Gasteiger partial charge in [0.1, 0.15) is 30.4 Å². The van der Waals surface area contributed by atoms with E-state index in [4.69, 9.17) is 20.3 Å². The summed E-state index contributed by atoms with van der Waals surface area (Å²) in [5.41, 5.74) is 6.22. The van der Waals surface area contributed by atoms with Crippen molar-refractivity contribution in [2.75, 3.05) is 6.61 Å². The van der Waals surface area contributed by atoms with Gasteiger partial charge in [-0.25, -0.2) is 9.59 Å². The third kappa shape index (κ3) is 7.83. The van der Waals surface area contributed by atoms with Gasteiger partial charge in [0.05, 0.1) is 12.6 Å². The van der Waals surface area contributed by atoms with Crippen molar-refractivity contribution < 1.29 is 59.0 Å². The molecule has 8 atom stereocenters. The number of nitrogens with two attached hydrogens (primary N) is 1. The molecule has 15 nitrogen and oxygen atoms in total. The molecule has 0 spiro atoms. The number of carboxylic acids is 3. The Morgan fingerprint density at radius 1 is 1.08 bits per heavy atom. The van der Waals surface area contributed by atoms with Crippen LogP contribution in [0.3, 0.4) is 0 Å². The number of nitrogens with one attached hydrogen (secondary N) is 1. The van der Waals surface area contributed by atoms with E-state index in [1.165, 1.54) is 6.92 Å². The number of rotatable bonds is 13. The Bertz CT molecular complexity index is 822. The number of amides is 2. The largest absolute Gasteiger partial charge is 0.481 e. The van der Waals surface area contributed by atoms with Crippen molar-refractivity contribution in [1.29, 1.82) is 0 Å². The zero-order valence-electron chi connectivity index (χ0n) is 20.4. The zero-order chi connectivity index (χ0) is 27.9. The normalized spacial score (nSPS) is 26.5. The third-order valence-corrected chi connectivity index (χ3v) is 5.73. The molecule has 1 aliphatic rings. The minimum absolute atomic E-state index is 0.414. The Morgan fingerprint density at radius 3 is 2.08 bits per heavy atom. The van der Waals surface area contributed by atoms with Crippen molar-refractivity contribution in [3.63, 3.8) is 0 Å². The van der Waals surface area contributed by atoms with Crippen molar-refractivity contribution in [3.8, 4) is 0 Å². The summed E-state index contributed by atoms with van der Waals surface area (Å²) >= 11 is 0. The summed E-state index contributed by atoms with van der Waals surface area (Å²) in [6, 6.07) is -4.33. The number of carbonyl (C=O) groups is 5. The summed E-state index contributed by atoms with van der Waals surface area (Å²) in [7, 11) is 0. The number of hydrogen-bond donors (Lipinski definition) is 7. The van der Waals surface area contributed by atoms with Crippen molar-refractivity contribution in [1.82, 2.24) is 10.2 Å². The summed E-state index contributed by atoms with van der Waals surface area (Å²) < 4.78 is 11.0. The Kier molecular flexibility index (Phi) is 11.7. The maximum absolute atomic E-state index is 13.2. The second-order valence-corrected chi connectivity index (χ2v) is 8.84. The Hall–Kier alpha value is -2.85. The van der Waals surface area contributed by atoms with Crippen LogP contribution in [0.15, 0.2) is 0 Å². The van der Waals surface area contributed by atoms with Crippen molar-refractivity contribution in [3.05, 3.63) is 0 Å². The van der Waals surface area contributed by atoms with E-state index in [1.54, 1.807) is 13.8 Å². The van der Waals surface area contributed by atoms with Gasteiger partial charge in [0.25, 0.3) is 0 Å². The van der Waals surface area contributed by atoms with E-state index in [0.29, 0.717) is 0 Å².